The van der Waals surface area contributed by atoms with E-state index in [1.165, 1.54) is 4.90 Å². The van der Waals surface area contributed by atoms with Gasteiger partial charge in [-0.25, -0.2) is 9.59 Å². The number of hydrogen-bond donors (Lipinski definition) is 0. The highest BCUT2D eigenvalue weighted by atomic mass is 16.6. The second-order valence-electron chi connectivity index (χ2n) is 6.35. The molecule has 0 aromatic carbocycles. The number of ether oxygens (including phenoxy) is 2. The van der Waals surface area contributed by atoms with Crippen molar-refractivity contribution >= 4 is 17.8 Å². The van der Waals surface area contributed by atoms with E-state index in [2.05, 4.69) is 11.3 Å². The lowest BCUT2D eigenvalue weighted by Gasteiger charge is -2.30. The van der Waals surface area contributed by atoms with E-state index in [4.69, 9.17) is 4.74 Å². The Bertz CT molecular complexity index is 452. The van der Waals surface area contributed by atoms with Gasteiger partial charge in [-0.3, -0.25) is 4.79 Å². The van der Waals surface area contributed by atoms with Crippen LogP contribution >= 0.6 is 0 Å². The summed E-state index contributed by atoms with van der Waals surface area (Å²) in [5, 5.41) is 0. The number of esters is 2. The van der Waals surface area contributed by atoms with Gasteiger partial charge in [-0.15, -0.1) is 6.58 Å². The molecule has 1 saturated heterocycles. The summed E-state index contributed by atoms with van der Waals surface area (Å²) in [6.45, 7) is 8.95. The molecule has 1 aliphatic rings. The third kappa shape index (κ3) is 4.58. The summed E-state index contributed by atoms with van der Waals surface area (Å²) < 4.78 is 9.87. The summed E-state index contributed by atoms with van der Waals surface area (Å²) in [6.07, 6.45) is 4.25. The lowest BCUT2D eigenvalue weighted by molar-refractivity contribution is -0.168. The molecule has 1 heterocycles. The minimum atomic E-state index is -0.959. The molecule has 124 valence electrons. The van der Waals surface area contributed by atoms with Crippen molar-refractivity contribution in [3.8, 4) is 0 Å². The van der Waals surface area contributed by atoms with E-state index in [0.29, 0.717) is 25.7 Å². The Hall–Kier alpha value is -1.85. The van der Waals surface area contributed by atoms with Gasteiger partial charge in [0.25, 0.3) is 0 Å². The van der Waals surface area contributed by atoms with Crippen LogP contribution in [0.3, 0.4) is 0 Å². The Morgan fingerprint density at radius 1 is 1.27 bits per heavy atom. The van der Waals surface area contributed by atoms with E-state index in [1.807, 2.05) is 0 Å². The van der Waals surface area contributed by atoms with E-state index in [0.717, 1.165) is 7.11 Å². The monoisotopic (exact) mass is 311 g/mol. The number of carbonyl (C=O) groups excluding carboxylic acids is 3. The van der Waals surface area contributed by atoms with Crippen LogP contribution < -0.4 is 0 Å². The topological polar surface area (TPSA) is 72.9 Å². The molecule has 0 N–H and O–H groups in total. The Morgan fingerprint density at radius 2 is 1.91 bits per heavy atom. The van der Waals surface area contributed by atoms with Crippen molar-refractivity contribution in [2.45, 2.75) is 64.1 Å². The second kappa shape index (κ2) is 7.42. The zero-order valence-electron chi connectivity index (χ0n) is 13.8. The zero-order chi connectivity index (χ0) is 16.9. The summed E-state index contributed by atoms with van der Waals surface area (Å²) >= 11 is 0. The van der Waals surface area contributed by atoms with Crippen molar-refractivity contribution in [3.63, 3.8) is 0 Å². The average molecular weight is 311 g/mol. The fourth-order valence-corrected chi connectivity index (χ4v) is 2.58. The van der Waals surface area contributed by atoms with Gasteiger partial charge < -0.3 is 14.4 Å². The largest absolute Gasteiger partial charge is 0.462 e. The Labute approximate surface area is 131 Å². The predicted molar refractivity (Wildman–Crippen MR) is 80.9 cm³/mol. The zero-order valence-corrected chi connectivity index (χ0v) is 13.8. The number of methoxy groups -OCH3 is 1. The van der Waals surface area contributed by atoms with Gasteiger partial charge in [-0.05, 0) is 46.5 Å². The maximum absolute atomic E-state index is 12.3. The number of nitrogens with zero attached hydrogens (tertiary/aromatic N) is 1. The van der Waals surface area contributed by atoms with Crippen molar-refractivity contribution < 1.29 is 23.9 Å². The predicted octanol–water partition coefficient (Wildman–Crippen LogP) is 1.83. The molecule has 0 unspecified atom stereocenters. The Kier molecular flexibility index (Phi) is 6.14. The number of hydrogen-bond acceptors (Lipinski definition) is 5. The maximum Gasteiger partial charge on any atom is 0.396 e. The van der Waals surface area contributed by atoms with Crippen LogP contribution in [-0.2, 0) is 23.9 Å². The average Bonchev–Trinajstić information content (AvgIpc) is 2.85. The third-order valence-corrected chi connectivity index (χ3v) is 3.48. The molecule has 2 atom stereocenters. The van der Waals surface area contributed by atoms with E-state index in [1.54, 1.807) is 26.8 Å². The summed E-state index contributed by atoms with van der Waals surface area (Å²) in [6, 6.07) is -0.914. The molecule has 0 radical (unpaired) electrons. The third-order valence-electron chi connectivity index (χ3n) is 3.48. The van der Waals surface area contributed by atoms with E-state index in [9.17, 15) is 14.4 Å². The van der Waals surface area contributed by atoms with E-state index >= 15 is 0 Å². The second-order valence-corrected chi connectivity index (χ2v) is 6.35. The van der Waals surface area contributed by atoms with Crippen molar-refractivity contribution in [3.05, 3.63) is 12.7 Å². The van der Waals surface area contributed by atoms with Gasteiger partial charge in [0.2, 0.25) is 0 Å². The first kappa shape index (κ1) is 18.2. The lowest BCUT2D eigenvalue weighted by atomic mass is 10.1. The number of carbonyl (C=O) groups is 3. The summed E-state index contributed by atoms with van der Waals surface area (Å²) in [7, 11) is 1.15. The molecule has 1 amide bonds. The van der Waals surface area contributed by atoms with E-state index in [-0.39, 0.29) is 6.04 Å². The minimum Gasteiger partial charge on any atom is -0.462 e. The summed E-state index contributed by atoms with van der Waals surface area (Å²) in [5.74, 6) is -2.23. The quantitative estimate of drug-likeness (QED) is 0.450. The molecule has 1 rings (SSSR count). The van der Waals surface area contributed by atoms with Gasteiger partial charge in [0.15, 0.2) is 0 Å². The molecule has 0 aromatic rings. The fraction of sp³-hybridized carbons (Fsp3) is 0.688. The van der Waals surface area contributed by atoms with Crippen LogP contribution in [0.2, 0.25) is 0 Å². The number of likely N-dealkylation sites (tertiary alicyclic amines) is 1. The number of allylic oxidation sites excluding steroid dienone is 1. The highest BCUT2D eigenvalue weighted by molar-refractivity contribution is 6.32. The molecule has 22 heavy (non-hydrogen) atoms. The van der Waals surface area contributed by atoms with Crippen LogP contribution in [0.5, 0.6) is 0 Å². The molecular formula is C16H25NO5. The molecule has 1 fully saturated rings. The SMILES string of the molecule is C=CCC[C@H]1CC[C@@H](C(=O)OC(C)(C)C)N1C(=O)C(=O)OC. The molecular weight excluding hydrogens is 286 g/mol. The van der Waals surface area contributed by atoms with Crippen molar-refractivity contribution in [2.24, 2.45) is 0 Å². The van der Waals surface area contributed by atoms with Crippen LogP contribution in [-0.4, -0.2) is 47.5 Å². The number of amides is 1. The van der Waals surface area contributed by atoms with Crippen molar-refractivity contribution in [1.82, 2.24) is 4.90 Å². The molecule has 0 aromatic heterocycles. The first-order chi connectivity index (χ1) is 10.2. The molecule has 0 aliphatic carbocycles. The van der Waals surface area contributed by atoms with Crippen LogP contribution in [0, 0.1) is 0 Å². The minimum absolute atomic E-state index is 0.179. The standard InChI is InChI=1S/C16H25NO5/c1-6-7-8-11-9-10-12(14(19)22-16(2,3)4)17(11)13(18)15(20)21-5/h6,11-12H,1,7-10H2,2-5H3/t11-,12-/m0/s1. The van der Waals surface area contributed by atoms with Gasteiger partial charge in [-0.1, -0.05) is 6.08 Å². The number of rotatable bonds is 4. The van der Waals surface area contributed by atoms with Crippen LogP contribution in [0.4, 0.5) is 0 Å². The van der Waals surface area contributed by atoms with E-state index < -0.39 is 29.5 Å². The van der Waals surface area contributed by atoms with Gasteiger partial charge in [0.1, 0.15) is 11.6 Å². The summed E-state index contributed by atoms with van der Waals surface area (Å²) in [5.41, 5.74) is -0.643. The molecule has 0 saturated carbocycles. The van der Waals surface area contributed by atoms with Gasteiger partial charge in [-0.2, -0.15) is 0 Å². The normalized spacial score (nSPS) is 21.4. The molecule has 1 aliphatic heterocycles. The lowest BCUT2D eigenvalue weighted by Crippen LogP contribution is -2.49. The van der Waals surface area contributed by atoms with Crippen LogP contribution in [0.1, 0.15) is 46.5 Å². The molecule has 0 bridgehead atoms. The van der Waals surface area contributed by atoms with Gasteiger partial charge >= 0.3 is 17.8 Å². The first-order valence-electron chi connectivity index (χ1n) is 7.45. The highest BCUT2D eigenvalue weighted by Crippen LogP contribution is 2.29. The Balaban J connectivity index is 2.95. The van der Waals surface area contributed by atoms with Crippen molar-refractivity contribution in [2.75, 3.05) is 7.11 Å². The smallest absolute Gasteiger partial charge is 0.396 e. The first-order valence-corrected chi connectivity index (χ1v) is 7.45. The molecule has 6 nitrogen and oxygen atoms in total. The molecule has 0 spiro atoms. The fourth-order valence-electron chi connectivity index (χ4n) is 2.58. The maximum atomic E-state index is 12.3. The van der Waals surface area contributed by atoms with Crippen molar-refractivity contribution in [1.29, 1.82) is 0 Å². The van der Waals surface area contributed by atoms with Crippen LogP contribution in [0.15, 0.2) is 12.7 Å². The van der Waals surface area contributed by atoms with Gasteiger partial charge in [0.05, 0.1) is 7.11 Å². The van der Waals surface area contributed by atoms with Crippen LogP contribution in [0.25, 0.3) is 0 Å². The van der Waals surface area contributed by atoms with Gasteiger partial charge in [0, 0.05) is 6.04 Å². The Morgan fingerprint density at radius 3 is 2.41 bits per heavy atom. The summed E-state index contributed by atoms with van der Waals surface area (Å²) in [4.78, 5) is 37.5. The molecule has 6 heteroatoms. The highest BCUT2D eigenvalue weighted by Gasteiger charge is 2.44.